The van der Waals surface area contributed by atoms with Crippen molar-refractivity contribution in [1.29, 1.82) is 0 Å². The maximum absolute atomic E-state index is 12.2. The van der Waals surface area contributed by atoms with E-state index in [9.17, 15) is 9.90 Å². The summed E-state index contributed by atoms with van der Waals surface area (Å²) in [4.78, 5) is 17.1. The molecule has 23 heavy (non-hydrogen) atoms. The first-order valence-corrected chi connectivity index (χ1v) is 8.26. The zero-order valence-corrected chi connectivity index (χ0v) is 14.2. The van der Waals surface area contributed by atoms with Crippen LogP contribution in [0, 0.1) is 0 Å². The smallest absolute Gasteiger partial charge is 0.317 e. The Balaban J connectivity index is 1.81. The first kappa shape index (κ1) is 17.3. The van der Waals surface area contributed by atoms with E-state index in [-0.39, 0.29) is 12.1 Å². The Kier molecular flexibility index (Phi) is 6.04. The Hall–Kier alpha value is -2.01. The van der Waals surface area contributed by atoms with Crippen molar-refractivity contribution in [3.63, 3.8) is 0 Å². The molecule has 1 aromatic carbocycles. The van der Waals surface area contributed by atoms with Crippen LogP contribution < -0.4 is 5.32 Å². The van der Waals surface area contributed by atoms with E-state index in [0.29, 0.717) is 13.1 Å². The molecule has 0 saturated heterocycles. The Morgan fingerprint density at radius 3 is 2.74 bits per heavy atom. The quantitative estimate of drug-likeness (QED) is 0.687. The number of carbonyl (C=O) groups excluding carboxylic acids is 1. The molecular weight excluding hydrogens is 290 g/mol. The summed E-state index contributed by atoms with van der Waals surface area (Å²) in [6, 6.07) is 8.20. The van der Waals surface area contributed by atoms with Crippen molar-refractivity contribution in [2.24, 2.45) is 0 Å². The van der Waals surface area contributed by atoms with Gasteiger partial charge >= 0.3 is 6.03 Å². The molecule has 126 valence electrons. The van der Waals surface area contributed by atoms with Gasteiger partial charge in [-0.3, -0.25) is 0 Å². The van der Waals surface area contributed by atoms with Crippen molar-refractivity contribution in [3.8, 4) is 0 Å². The number of H-pyrrole nitrogens is 1. The molecule has 0 fully saturated rings. The van der Waals surface area contributed by atoms with Crippen LogP contribution in [-0.4, -0.2) is 46.3 Å². The molecule has 2 amide bonds. The monoisotopic (exact) mass is 317 g/mol. The van der Waals surface area contributed by atoms with Crippen molar-refractivity contribution >= 4 is 16.9 Å². The van der Waals surface area contributed by atoms with Crippen LogP contribution in [0.4, 0.5) is 4.79 Å². The number of rotatable bonds is 7. The molecule has 1 heterocycles. The van der Waals surface area contributed by atoms with Crippen LogP contribution in [0.1, 0.15) is 32.8 Å². The van der Waals surface area contributed by atoms with Crippen LogP contribution in [0.2, 0.25) is 0 Å². The summed E-state index contributed by atoms with van der Waals surface area (Å²) in [6.07, 6.45) is 3.33. The maximum Gasteiger partial charge on any atom is 0.317 e. The fourth-order valence-electron chi connectivity index (χ4n) is 2.73. The summed E-state index contributed by atoms with van der Waals surface area (Å²) in [5.74, 6) is 0. The van der Waals surface area contributed by atoms with Gasteiger partial charge in [0, 0.05) is 36.2 Å². The Bertz CT molecular complexity index is 634. The van der Waals surface area contributed by atoms with Crippen molar-refractivity contribution in [3.05, 3.63) is 36.0 Å². The summed E-state index contributed by atoms with van der Waals surface area (Å²) in [5.41, 5.74) is 2.42. The highest BCUT2D eigenvalue weighted by atomic mass is 16.3. The molecule has 1 aromatic heterocycles. The van der Waals surface area contributed by atoms with E-state index in [1.807, 2.05) is 32.2 Å². The van der Waals surface area contributed by atoms with E-state index in [1.54, 1.807) is 11.8 Å². The summed E-state index contributed by atoms with van der Waals surface area (Å²) < 4.78 is 0. The lowest BCUT2D eigenvalue weighted by molar-refractivity contribution is 0.119. The van der Waals surface area contributed by atoms with Crippen molar-refractivity contribution in [2.75, 3.05) is 13.1 Å². The fourth-order valence-corrected chi connectivity index (χ4v) is 2.73. The lowest BCUT2D eigenvalue weighted by Gasteiger charge is -2.28. The molecule has 0 bridgehead atoms. The third-order valence-electron chi connectivity index (χ3n) is 3.92. The number of aliphatic hydroxyl groups excluding tert-OH is 1. The summed E-state index contributed by atoms with van der Waals surface area (Å²) >= 11 is 0. The number of para-hydroxylation sites is 1. The number of aryl methyl sites for hydroxylation is 1. The zero-order chi connectivity index (χ0) is 16.8. The topological polar surface area (TPSA) is 68.4 Å². The second kappa shape index (κ2) is 8.02. The highest BCUT2D eigenvalue weighted by Gasteiger charge is 2.18. The molecule has 0 saturated carbocycles. The van der Waals surface area contributed by atoms with Gasteiger partial charge in [0.1, 0.15) is 0 Å². The number of aromatic nitrogens is 1. The number of aliphatic hydroxyl groups is 1. The molecule has 3 N–H and O–H groups in total. The fraction of sp³-hybridized carbons (Fsp3) is 0.500. The van der Waals surface area contributed by atoms with Crippen LogP contribution >= 0.6 is 0 Å². The largest absolute Gasteiger partial charge is 0.392 e. The van der Waals surface area contributed by atoms with Gasteiger partial charge in [-0.25, -0.2) is 4.79 Å². The molecule has 0 aliphatic rings. The third-order valence-corrected chi connectivity index (χ3v) is 3.92. The molecule has 1 unspecified atom stereocenters. The van der Waals surface area contributed by atoms with Gasteiger partial charge in [0.2, 0.25) is 0 Å². The number of hydrogen-bond donors (Lipinski definition) is 3. The van der Waals surface area contributed by atoms with Crippen molar-refractivity contribution in [1.82, 2.24) is 15.2 Å². The maximum atomic E-state index is 12.2. The van der Waals surface area contributed by atoms with Crippen LogP contribution in [0.5, 0.6) is 0 Å². The zero-order valence-electron chi connectivity index (χ0n) is 14.2. The minimum absolute atomic E-state index is 0.0678. The van der Waals surface area contributed by atoms with Gasteiger partial charge in [0.25, 0.3) is 0 Å². The Morgan fingerprint density at radius 1 is 1.30 bits per heavy atom. The standard InChI is InChI=1S/C18H27N3O2/c1-13(2)21(12-14(3)22)18(23)19-10-6-7-15-11-20-17-9-5-4-8-16(15)17/h4-5,8-9,11,13-14,20,22H,6-7,10,12H2,1-3H3,(H,19,23). The second-order valence-electron chi connectivity index (χ2n) is 6.29. The number of nitrogens with one attached hydrogen (secondary N) is 2. The molecule has 0 aliphatic carbocycles. The predicted molar refractivity (Wildman–Crippen MR) is 93.5 cm³/mol. The molecular formula is C18H27N3O2. The molecule has 5 nitrogen and oxygen atoms in total. The minimum Gasteiger partial charge on any atom is -0.392 e. The first-order chi connectivity index (χ1) is 11.0. The second-order valence-corrected chi connectivity index (χ2v) is 6.29. The molecule has 0 spiro atoms. The van der Waals surface area contributed by atoms with E-state index in [2.05, 4.69) is 22.4 Å². The van der Waals surface area contributed by atoms with E-state index in [0.717, 1.165) is 18.4 Å². The van der Waals surface area contributed by atoms with Crippen LogP contribution in [0.15, 0.2) is 30.5 Å². The molecule has 1 atom stereocenters. The van der Waals surface area contributed by atoms with Crippen molar-refractivity contribution < 1.29 is 9.90 Å². The van der Waals surface area contributed by atoms with E-state index in [4.69, 9.17) is 0 Å². The minimum atomic E-state index is -0.519. The van der Waals surface area contributed by atoms with Crippen molar-refractivity contribution in [2.45, 2.75) is 45.8 Å². The highest BCUT2D eigenvalue weighted by molar-refractivity contribution is 5.83. The van der Waals surface area contributed by atoms with Gasteiger partial charge in [0.05, 0.1) is 6.10 Å². The lowest BCUT2D eigenvalue weighted by Crippen LogP contribution is -2.47. The number of hydrogen-bond acceptors (Lipinski definition) is 2. The molecule has 2 rings (SSSR count). The van der Waals surface area contributed by atoms with E-state index in [1.165, 1.54) is 10.9 Å². The number of carbonyl (C=O) groups is 1. The summed E-state index contributed by atoms with van der Waals surface area (Å²) in [5, 5.41) is 13.7. The molecule has 0 aliphatic heterocycles. The molecule has 5 heteroatoms. The van der Waals surface area contributed by atoms with Gasteiger partial charge < -0.3 is 20.3 Å². The number of benzene rings is 1. The summed E-state index contributed by atoms with van der Waals surface area (Å²) in [6.45, 7) is 6.58. The van der Waals surface area contributed by atoms with Crippen LogP contribution in [0.3, 0.4) is 0 Å². The highest BCUT2D eigenvalue weighted by Crippen LogP contribution is 2.18. The number of nitrogens with zero attached hydrogens (tertiary/aromatic N) is 1. The number of amides is 2. The predicted octanol–water partition coefficient (Wildman–Crippen LogP) is 2.90. The average molecular weight is 317 g/mol. The van der Waals surface area contributed by atoms with E-state index < -0.39 is 6.10 Å². The van der Waals surface area contributed by atoms with Crippen LogP contribution in [0.25, 0.3) is 10.9 Å². The van der Waals surface area contributed by atoms with Gasteiger partial charge in [-0.1, -0.05) is 18.2 Å². The van der Waals surface area contributed by atoms with E-state index >= 15 is 0 Å². The number of aromatic amines is 1. The third kappa shape index (κ3) is 4.73. The van der Waals surface area contributed by atoms with Gasteiger partial charge in [-0.2, -0.15) is 0 Å². The van der Waals surface area contributed by atoms with Crippen LogP contribution in [-0.2, 0) is 6.42 Å². The number of fused-ring (bicyclic) bond motifs is 1. The Labute approximate surface area is 137 Å². The number of urea groups is 1. The lowest BCUT2D eigenvalue weighted by atomic mass is 10.1. The van der Waals surface area contributed by atoms with Gasteiger partial charge in [0.15, 0.2) is 0 Å². The van der Waals surface area contributed by atoms with Gasteiger partial charge in [-0.05, 0) is 45.2 Å². The molecule has 2 aromatic rings. The first-order valence-electron chi connectivity index (χ1n) is 8.26. The SMILES string of the molecule is CC(O)CN(C(=O)NCCCc1c[nH]c2ccccc12)C(C)C. The Morgan fingerprint density at radius 2 is 2.04 bits per heavy atom. The summed E-state index contributed by atoms with van der Waals surface area (Å²) in [7, 11) is 0. The normalized spacial score (nSPS) is 12.6. The van der Waals surface area contributed by atoms with Gasteiger partial charge in [-0.15, -0.1) is 0 Å². The average Bonchev–Trinajstić information content (AvgIpc) is 2.92. The molecule has 0 radical (unpaired) electrons.